The van der Waals surface area contributed by atoms with Crippen molar-refractivity contribution in [1.29, 1.82) is 0 Å². The lowest BCUT2D eigenvalue weighted by atomic mass is 10.1. The quantitative estimate of drug-likeness (QED) is 0.666. The molecule has 1 aromatic rings. The van der Waals surface area contributed by atoms with E-state index < -0.39 is 5.25 Å². The minimum absolute atomic E-state index is 0.00749. The zero-order chi connectivity index (χ0) is 15.6. The number of nitrogen functional groups attached to an aromatic ring is 1. The van der Waals surface area contributed by atoms with Crippen molar-refractivity contribution in [2.45, 2.75) is 49.3 Å². The molecule has 0 spiro atoms. The molecule has 2 N–H and O–H groups in total. The number of hydrogen-bond acceptors (Lipinski definition) is 4. The van der Waals surface area contributed by atoms with Crippen LogP contribution in [0, 0.1) is 0 Å². The Morgan fingerprint density at radius 3 is 2.67 bits per heavy atom. The third-order valence-electron chi connectivity index (χ3n) is 3.67. The van der Waals surface area contributed by atoms with E-state index in [4.69, 9.17) is 17.3 Å². The number of imide groups is 1. The van der Waals surface area contributed by atoms with E-state index >= 15 is 0 Å². The van der Waals surface area contributed by atoms with Crippen LogP contribution in [0.25, 0.3) is 0 Å². The summed E-state index contributed by atoms with van der Waals surface area (Å²) in [6.07, 6.45) is 1.79. The highest BCUT2D eigenvalue weighted by Crippen LogP contribution is 2.37. The molecule has 1 saturated heterocycles. The van der Waals surface area contributed by atoms with E-state index in [1.807, 2.05) is 13.8 Å². The fraction of sp³-hybridized carbons (Fsp3) is 0.467. The lowest BCUT2D eigenvalue weighted by molar-refractivity contribution is -0.141. The normalized spacial score (nSPS) is 18.9. The van der Waals surface area contributed by atoms with E-state index in [1.165, 1.54) is 16.7 Å². The molecule has 1 aliphatic rings. The smallest absolute Gasteiger partial charge is 0.243 e. The van der Waals surface area contributed by atoms with Gasteiger partial charge in [0.1, 0.15) is 0 Å². The number of nitrogens with zero attached hydrogens (tertiary/aromatic N) is 1. The molecule has 1 fully saturated rings. The summed E-state index contributed by atoms with van der Waals surface area (Å²) in [4.78, 5) is 26.8. The van der Waals surface area contributed by atoms with Crippen LogP contribution in [0.4, 0.5) is 5.69 Å². The van der Waals surface area contributed by atoms with Crippen LogP contribution in [-0.2, 0) is 9.59 Å². The molecule has 1 heterocycles. The fourth-order valence-electron chi connectivity index (χ4n) is 2.52. The summed E-state index contributed by atoms with van der Waals surface area (Å²) in [5.74, 6) is -0.205. The summed E-state index contributed by atoms with van der Waals surface area (Å²) < 4.78 is 0. The second-order valence-corrected chi connectivity index (χ2v) is 6.72. The van der Waals surface area contributed by atoms with Crippen LogP contribution in [0.2, 0.25) is 5.02 Å². The summed E-state index contributed by atoms with van der Waals surface area (Å²) in [6.45, 7) is 3.98. The number of nitrogens with two attached hydrogens (primary N) is 1. The van der Waals surface area contributed by atoms with Crippen molar-refractivity contribution < 1.29 is 9.59 Å². The van der Waals surface area contributed by atoms with Crippen LogP contribution in [0.5, 0.6) is 0 Å². The van der Waals surface area contributed by atoms with Gasteiger partial charge in [0.25, 0.3) is 0 Å². The third kappa shape index (κ3) is 3.35. The molecule has 0 bridgehead atoms. The minimum atomic E-state index is -0.405. The Morgan fingerprint density at radius 2 is 2.05 bits per heavy atom. The lowest BCUT2D eigenvalue weighted by Crippen LogP contribution is -2.40. The van der Waals surface area contributed by atoms with Gasteiger partial charge in [-0.2, -0.15) is 0 Å². The van der Waals surface area contributed by atoms with Crippen molar-refractivity contribution in [3.63, 3.8) is 0 Å². The monoisotopic (exact) mass is 326 g/mol. The predicted molar refractivity (Wildman–Crippen MR) is 86.3 cm³/mol. The highest BCUT2D eigenvalue weighted by atomic mass is 35.5. The topological polar surface area (TPSA) is 63.4 Å². The summed E-state index contributed by atoms with van der Waals surface area (Å²) in [6, 6.07) is 5.15. The summed E-state index contributed by atoms with van der Waals surface area (Å²) in [5, 5.41) is 0.146. The zero-order valence-corrected chi connectivity index (χ0v) is 13.7. The zero-order valence-electron chi connectivity index (χ0n) is 12.1. The maximum atomic E-state index is 12.5. The van der Waals surface area contributed by atoms with Gasteiger partial charge in [-0.25, -0.2) is 0 Å². The summed E-state index contributed by atoms with van der Waals surface area (Å²) >= 11 is 7.45. The van der Waals surface area contributed by atoms with Gasteiger partial charge in [-0.1, -0.05) is 25.4 Å². The van der Waals surface area contributed by atoms with E-state index in [-0.39, 0.29) is 24.3 Å². The van der Waals surface area contributed by atoms with E-state index in [0.717, 1.165) is 17.7 Å². The molecule has 2 rings (SSSR count). The van der Waals surface area contributed by atoms with Crippen LogP contribution in [0.15, 0.2) is 23.1 Å². The Labute approximate surface area is 134 Å². The van der Waals surface area contributed by atoms with E-state index in [2.05, 4.69) is 0 Å². The molecule has 0 radical (unpaired) electrons. The molecule has 0 aromatic heterocycles. The Balaban J connectivity index is 2.17. The average Bonchev–Trinajstić information content (AvgIpc) is 2.72. The van der Waals surface area contributed by atoms with E-state index in [1.54, 1.807) is 18.2 Å². The van der Waals surface area contributed by atoms with Gasteiger partial charge in [-0.3, -0.25) is 14.5 Å². The molecule has 114 valence electrons. The van der Waals surface area contributed by atoms with Crippen LogP contribution in [-0.4, -0.2) is 28.0 Å². The number of thioether (sulfide) groups is 1. The second kappa shape index (κ2) is 6.71. The van der Waals surface area contributed by atoms with Crippen molar-refractivity contribution in [3.05, 3.63) is 23.2 Å². The lowest BCUT2D eigenvalue weighted by Gasteiger charge is -2.24. The summed E-state index contributed by atoms with van der Waals surface area (Å²) in [5.41, 5.74) is 6.34. The van der Waals surface area contributed by atoms with Crippen LogP contribution >= 0.6 is 23.4 Å². The van der Waals surface area contributed by atoms with Gasteiger partial charge in [-0.05, 0) is 31.0 Å². The number of anilines is 1. The molecular weight excluding hydrogens is 308 g/mol. The molecule has 1 aromatic carbocycles. The van der Waals surface area contributed by atoms with Gasteiger partial charge in [0, 0.05) is 23.0 Å². The number of amides is 2. The van der Waals surface area contributed by atoms with E-state index in [0.29, 0.717) is 10.7 Å². The first-order valence-electron chi connectivity index (χ1n) is 7.05. The Kier molecular flexibility index (Phi) is 5.17. The number of hydrogen-bond donors (Lipinski definition) is 1. The first-order chi connectivity index (χ1) is 9.97. The van der Waals surface area contributed by atoms with Crippen LogP contribution < -0.4 is 5.73 Å². The van der Waals surface area contributed by atoms with Gasteiger partial charge in [-0.15, -0.1) is 11.8 Å². The number of carbonyl (C=O) groups is 2. The number of rotatable bonds is 5. The maximum Gasteiger partial charge on any atom is 0.243 e. The van der Waals surface area contributed by atoms with Crippen molar-refractivity contribution in [2.75, 3.05) is 5.73 Å². The SMILES string of the molecule is CCC(CC)N1C(=O)CC(Sc2cc(N)ccc2Cl)C1=O. The van der Waals surface area contributed by atoms with Crippen LogP contribution in [0.1, 0.15) is 33.1 Å². The molecule has 4 nitrogen and oxygen atoms in total. The highest BCUT2D eigenvalue weighted by molar-refractivity contribution is 8.00. The molecular formula is C15H19ClN2O2S. The largest absolute Gasteiger partial charge is 0.399 e. The molecule has 0 saturated carbocycles. The average molecular weight is 327 g/mol. The number of carbonyl (C=O) groups excluding carboxylic acids is 2. The predicted octanol–water partition coefficient (Wildman–Crippen LogP) is 3.33. The van der Waals surface area contributed by atoms with Crippen molar-refractivity contribution in [1.82, 2.24) is 4.90 Å². The van der Waals surface area contributed by atoms with Crippen molar-refractivity contribution >= 4 is 40.9 Å². The van der Waals surface area contributed by atoms with Gasteiger partial charge < -0.3 is 5.73 Å². The minimum Gasteiger partial charge on any atom is -0.399 e. The third-order valence-corrected chi connectivity index (χ3v) is 5.36. The number of benzene rings is 1. The molecule has 1 unspecified atom stereocenters. The number of likely N-dealkylation sites (tertiary alicyclic amines) is 1. The molecule has 21 heavy (non-hydrogen) atoms. The molecule has 1 aliphatic heterocycles. The standard InChI is InChI=1S/C15H19ClN2O2S/c1-3-10(4-2)18-14(19)8-13(15(18)20)21-12-7-9(17)5-6-11(12)16/h5-7,10,13H,3-4,8,17H2,1-2H3. The highest BCUT2D eigenvalue weighted by Gasteiger charge is 2.42. The number of halogens is 1. The van der Waals surface area contributed by atoms with Gasteiger partial charge >= 0.3 is 0 Å². The van der Waals surface area contributed by atoms with Crippen molar-refractivity contribution in [3.8, 4) is 0 Å². The molecule has 1 atom stereocenters. The van der Waals surface area contributed by atoms with Crippen LogP contribution in [0.3, 0.4) is 0 Å². The second-order valence-electron chi connectivity index (χ2n) is 5.07. The first-order valence-corrected chi connectivity index (χ1v) is 8.31. The van der Waals surface area contributed by atoms with E-state index in [9.17, 15) is 9.59 Å². The van der Waals surface area contributed by atoms with Gasteiger partial charge in [0.2, 0.25) is 11.8 Å². The summed E-state index contributed by atoms with van der Waals surface area (Å²) in [7, 11) is 0. The Bertz CT molecular complexity index is 561. The first kappa shape index (κ1) is 16.2. The Hall–Kier alpha value is -1.20. The molecule has 0 aliphatic carbocycles. The maximum absolute atomic E-state index is 12.5. The fourth-order valence-corrected chi connectivity index (χ4v) is 3.90. The molecule has 6 heteroatoms. The van der Waals surface area contributed by atoms with Crippen molar-refractivity contribution in [2.24, 2.45) is 0 Å². The molecule has 2 amide bonds. The van der Waals surface area contributed by atoms with Gasteiger partial charge in [0.05, 0.1) is 10.3 Å². The van der Waals surface area contributed by atoms with Gasteiger partial charge in [0.15, 0.2) is 0 Å². The Morgan fingerprint density at radius 1 is 1.38 bits per heavy atom.